The van der Waals surface area contributed by atoms with Gasteiger partial charge in [0.1, 0.15) is 11.8 Å². The molecule has 6 heteroatoms. The number of hydrogen-bond acceptors (Lipinski definition) is 3. The van der Waals surface area contributed by atoms with Crippen molar-refractivity contribution in [3.63, 3.8) is 0 Å². The average Bonchev–Trinajstić information content (AvgIpc) is 2.70. The number of nitrogens with one attached hydrogen (secondary N) is 1. The van der Waals surface area contributed by atoms with Gasteiger partial charge in [0.2, 0.25) is 5.91 Å². The van der Waals surface area contributed by atoms with E-state index in [1.54, 1.807) is 13.0 Å². The molecule has 0 aliphatic carbocycles. The molecule has 0 fully saturated rings. The highest BCUT2D eigenvalue weighted by Crippen LogP contribution is 2.20. The number of hydrogen-bond donors (Lipinski definition) is 1. The van der Waals surface area contributed by atoms with E-state index in [1.807, 2.05) is 64.1 Å². The van der Waals surface area contributed by atoms with Gasteiger partial charge in [0, 0.05) is 17.6 Å². The van der Waals surface area contributed by atoms with Gasteiger partial charge in [-0.3, -0.25) is 9.59 Å². The van der Waals surface area contributed by atoms with Crippen molar-refractivity contribution in [2.24, 2.45) is 0 Å². The monoisotopic (exact) mass is 430 g/mol. The lowest BCUT2D eigenvalue weighted by Crippen LogP contribution is -2.50. The zero-order valence-corrected chi connectivity index (χ0v) is 19.1. The summed E-state index contributed by atoms with van der Waals surface area (Å²) in [5, 5.41) is 3.50. The second-order valence-corrected chi connectivity index (χ2v) is 8.13. The number of carbonyl (C=O) groups is 2. The lowest BCUT2D eigenvalue weighted by molar-refractivity contribution is -0.142. The summed E-state index contributed by atoms with van der Waals surface area (Å²) in [6.45, 7) is 9.69. The Morgan fingerprint density at radius 3 is 2.33 bits per heavy atom. The van der Waals surface area contributed by atoms with Crippen molar-refractivity contribution in [1.82, 2.24) is 10.2 Å². The standard InChI is InChI=1S/C24H31ClN2O3/c1-6-18(4)26-24(29)19(5)27(14-20-9-7-8-10-22(20)25)23(28)15-30-21-12-16(2)11-17(3)13-21/h7-13,18-19H,6,14-15H2,1-5H3,(H,26,29)/t18-,19+/m0/s1. The van der Waals surface area contributed by atoms with Crippen LogP contribution in [-0.2, 0) is 16.1 Å². The maximum absolute atomic E-state index is 13.1. The molecule has 0 radical (unpaired) electrons. The van der Waals surface area contributed by atoms with Crippen LogP contribution in [0.1, 0.15) is 43.9 Å². The first-order valence-electron chi connectivity index (χ1n) is 10.3. The number of aryl methyl sites for hydroxylation is 2. The molecular formula is C24H31ClN2O3. The number of rotatable bonds is 9. The largest absolute Gasteiger partial charge is 0.484 e. The van der Waals surface area contributed by atoms with Gasteiger partial charge < -0.3 is 15.0 Å². The van der Waals surface area contributed by atoms with E-state index in [2.05, 4.69) is 5.32 Å². The molecular weight excluding hydrogens is 400 g/mol. The van der Waals surface area contributed by atoms with E-state index >= 15 is 0 Å². The SMILES string of the molecule is CC[C@H](C)NC(=O)[C@@H](C)N(Cc1ccccc1Cl)C(=O)COc1cc(C)cc(C)c1. The van der Waals surface area contributed by atoms with E-state index in [0.717, 1.165) is 23.1 Å². The fourth-order valence-electron chi connectivity index (χ4n) is 3.10. The van der Waals surface area contributed by atoms with Crippen LogP contribution in [0.15, 0.2) is 42.5 Å². The molecule has 2 amide bonds. The molecule has 30 heavy (non-hydrogen) atoms. The highest BCUT2D eigenvalue weighted by molar-refractivity contribution is 6.31. The molecule has 2 atom stereocenters. The zero-order valence-electron chi connectivity index (χ0n) is 18.4. The highest BCUT2D eigenvalue weighted by atomic mass is 35.5. The van der Waals surface area contributed by atoms with Crippen molar-refractivity contribution in [3.05, 3.63) is 64.2 Å². The van der Waals surface area contributed by atoms with E-state index in [4.69, 9.17) is 16.3 Å². The molecule has 0 bridgehead atoms. The predicted octanol–water partition coefficient (Wildman–Crippen LogP) is 4.67. The second kappa shape index (κ2) is 11.0. The summed E-state index contributed by atoms with van der Waals surface area (Å²) in [5.41, 5.74) is 2.90. The Balaban J connectivity index is 2.19. The smallest absolute Gasteiger partial charge is 0.261 e. The molecule has 0 saturated heterocycles. The third kappa shape index (κ3) is 6.77. The van der Waals surface area contributed by atoms with Gasteiger partial charge in [0.25, 0.3) is 5.91 Å². The summed E-state index contributed by atoms with van der Waals surface area (Å²) in [6.07, 6.45) is 0.812. The normalized spacial score (nSPS) is 12.7. The van der Waals surface area contributed by atoms with E-state index in [9.17, 15) is 9.59 Å². The molecule has 0 aromatic heterocycles. The Bertz CT molecular complexity index is 864. The van der Waals surface area contributed by atoms with Gasteiger partial charge in [0.05, 0.1) is 0 Å². The molecule has 5 nitrogen and oxygen atoms in total. The maximum atomic E-state index is 13.1. The molecule has 0 heterocycles. The van der Waals surface area contributed by atoms with Gasteiger partial charge in [-0.05, 0) is 69.0 Å². The minimum Gasteiger partial charge on any atom is -0.484 e. The van der Waals surface area contributed by atoms with Crippen LogP contribution >= 0.6 is 11.6 Å². The summed E-state index contributed by atoms with van der Waals surface area (Å²) in [4.78, 5) is 27.3. The van der Waals surface area contributed by atoms with Crippen molar-refractivity contribution in [3.8, 4) is 5.75 Å². The lowest BCUT2D eigenvalue weighted by atomic mass is 10.1. The van der Waals surface area contributed by atoms with Crippen molar-refractivity contribution >= 4 is 23.4 Å². The molecule has 2 rings (SSSR count). The molecule has 2 aromatic carbocycles. The van der Waals surface area contributed by atoms with Crippen molar-refractivity contribution < 1.29 is 14.3 Å². The van der Waals surface area contributed by atoms with Gasteiger partial charge in [0.15, 0.2) is 6.61 Å². The molecule has 2 aromatic rings. The van der Waals surface area contributed by atoms with Crippen LogP contribution in [0.2, 0.25) is 5.02 Å². The van der Waals surface area contributed by atoms with Gasteiger partial charge in [-0.1, -0.05) is 42.8 Å². The summed E-state index contributed by atoms with van der Waals surface area (Å²) >= 11 is 6.30. The number of carbonyl (C=O) groups excluding carboxylic acids is 2. The second-order valence-electron chi connectivity index (χ2n) is 7.72. The first-order valence-corrected chi connectivity index (χ1v) is 10.6. The van der Waals surface area contributed by atoms with Gasteiger partial charge in [-0.15, -0.1) is 0 Å². The number of amides is 2. The average molecular weight is 431 g/mol. The third-order valence-electron chi connectivity index (χ3n) is 5.02. The van der Waals surface area contributed by atoms with Gasteiger partial charge >= 0.3 is 0 Å². The van der Waals surface area contributed by atoms with Crippen LogP contribution in [0, 0.1) is 13.8 Å². The van der Waals surface area contributed by atoms with Crippen LogP contribution in [0.4, 0.5) is 0 Å². The van der Waals surface area contributed by atoms with E-state index in [0.29, 0.717) is 10.8 Å². The summed E-state index contributed by atoms with van der Waals surface area (Å²) < 4.78 is 5.75. The van der Waals surface area contributed by atoms with E-state index in [1.165, 1.54) is 4.90 Å². The molecule has 162 valence electrons. The first-order chi connectivity index (χ1) is 14.2. The highest BCUT2D eigenvalue weighted by Gasteiger charge is 2.27. The predicted molar refractivity (Wildman–Crippen MR) is 121 cm³/mol. The molecule has 0 unspecified atom stereocenters. The third-order valence-corrected chi connectivity index (χ3v) is 5.39. The van der Waals surface area contributed by atoms with Gasteiger partial charge in [-0.2, -0.15) is 0 Å². The number of halogens is 1. The Labute approximate surface area is 184 Å². The molecule has 0 spiro atoms. The zero-order chi connectivity index (χ0) is 22.3. The minimum atomic E-state index is -0.661. The quantitative estimate of drug-likeness (QED) is 0.629. The Kier molecular flexibility index (Phi) is 8.72. The molecule has 0 saturated carbocycles. The van der Waals surface area contributed by atoms with Gasteiger partial charge in [-0.25, -0.2) is 0 Å². The number of ether oxygens (including phenoxy) is 1. The van der Waals surface area contributed by atoms with Crippen LogP contribution in [0.3, 0.4) is 0 Å². The number of benzene rings is 2. The van der Waals surface area contributed by atoms with Crippen molar-refractivity contribution in [2.75, 3.05) is 6.61 Å². The van der Waals surface area contributed by atoms with Crippen molar-refractivity contribution in [1.29, 1.82) is 0 Å². The minimum absolute atomic E-state index is 0.0312. The molecule has 0 aliphatic heterocycles. The Morgan fingerprint density at radius 2 is 1.73 bits per heavy atom. The first kappa shape index (κ1) is 23.7. The molecule has 0 aliphatic rings. The summed E-state index contributed by atoms with van der Waals surface area (Å²) in [6, 6.07) is 12.5. The number of nitrogens with zero attached hydrogens (tertiary/aromatic N) is 1. The maximum Gasteiger partial charge on any atom is 0.261 e. The summed E-state index contributed by atoms with van der Waals surface area (Å²) in [5.74, 6) is 0.160. The summed E-state index contributed by atoms with van der Waals surface area (Å²) in [7, 11) is 0. The Hall–Kier alpha value is -2.53. The fraction of sp³-hybridized carbons (Fsp3) is 0.417. The van der Waals surface area contributed by atoms with Crippen LogP contribution in [0.25, 0.3) is 0 Å². The topological polar surface area (TPSA) is 58.6 Å². The molecule has 1 N–H and O–H groups in total. The lowest BCUT2D eigenvalue weighted by Gasteiger charge is -2.30. The van der Waals surface area contributed by atoms with Crippen molar-refractivity contribution in [2.45, 2.75) is 59.7 Å². The van der Waals surface area contributed by atoms with E-state index < -0.39 is 6.04 Å². The van der Waals surface area contributed by atoms with E-state index in [-0.39, 0.29) is 31.0 Å². The van der Waals surface area contributed by atoms with Crippen LogP contribution in [-0.4, -0.2) is 35.4 Å². The van der Waals surface area contributed by atoms with Crippen LogP contribution in [0.5, 0.6) is 5.75 Å². The Morgan fingerprint density at radius 1 is 1.10 bits per heavy atom. The van der Waals surface area contributed by atoms with Crippen LogP contribution < -0.4 is 10.1 Å². The fourth-order valence-corrected chi connectivity index (χ4v) is 3.30.